The van der Waals surface area contributed by atoms with Crippen LogP contribution in [0.25, 0.3) is 0 Å². The Kier molecular flexibility index (Phi) is 5.95. The lowest BCUT2D eigenvalue weighted by Crippen LogP contribution is -2.28. The highest BCUT2D eigenvalue weighted by Gasteiger charge is 2.35. The smallest absolute Gasteiger partial charge is 0.255 e. The second-order valence-electron chi connectivity index (χ2n) is 7.19. The normalized spacial score (nSPS) is 15.8. The summed E-state index contributed by atoms with van der Waals surface area (Å²) >= 11 is 1.43. The van der Waals surface area contributed by atoms with Gasteiger partial charge in [0.2, 0.25) is 5.91 Å². The van der Waals surface area contributed by atoms with Gasteiger partial charge in [0.05, 0.1) is 18.6 Å². The highest BCUT2D eigenvalue weighted by Crippen LogP contribution is 2.43. The minimum absolute atomic E-state index is 0.146. The average Bonchev–Trinajstić information content (AvgIpc) is 3.17. The molecule has 1 heterocycles. The zero-order valence-electron chi connectivity index (χ0n) is 17.1. The lowest BCUT2D eigenvalue weighted by molar-refractivity contribution is -0.115. The van der Waals surface area contributed by atoms with Crippen molar-refractivity contribution in [1.82, 2.24) is 0 Å². The minimum atomic E-state index is -0.435. The van der Waals surface area contributed by atoms with Crippen LogP contribution in [0.15, 0.2) is 66.7 Å². The van der Waals surface area contributed by atoms with E-state index in [9.17, 15) is 14.0 Å². The Morgan fingerprint density at radius 2 is 1.90 bits per heavy atom. The fourth-order valence-electron chi connectivity index (χ4n) is 3.45. The Morgan fingerprint density at radius 3 is 2.65 bits per heavy atom. The molecule has 3 aromatic rings. The molecular formula is C24H21FN2O3S. The summed E-state index contributed by atoms with van der Waals surface area (Å²) in [6, 6.07) is 18.8. The van der Waals surface area contributed by atoms with Gasteiger partial charge in [0.15, 0.2) is 0 Å². The van der Waals surface area contributed by atoms with Crippen LogP contribution in [0.5, 0.6) is 5.75 Å². The van der Waals surface area contributed by atoms with Gasteiger partial charge in [0, 0.05) is 11.3 Å². The zero-order valence-corrected chi connectivity index (χ0v) is 17.9. The number of nitrogens with one attached hydrogen (secondary N) is 1. The molecule has 7 heteroatoms. The highest BCUT2D eigenvalue weighted by molar-refractivity contribution is 8.00. The third-order valence-electron chi connectivity index (χ3n) is 5.01. The van der Waals surface area contributed by atoms with Crippen LogP contribution in [0.4, 0.5) is 15.8 Å². The van der Waals surface area contributed by atoms with Gasteiger partial charge in [0.1, 0.15) is 16.9 Å². The second kappa shape index (κ2) is 8.81. The van der Waals surface area contributed by atoms with Crippen LogP contribution in [0.2, 0.25) is 0 Å². The number of aryl methyl sites for hydroxylation is 1. The molecule has 1 unspecified atom stereocenters. The molecule has 1 aliphatic rings. The van der Waals surface area contributed by atoms with Crippen LogP contribution >= 0.6 is 11.8 Å². The van der Waals surface area contributed by atoms with E-state index in [0.29, 0.717) is 17.0 Å². The van der Waals surface area contributed by atoms with E-state index >= 15 is 0 Å². The molecule has 2 amide bonds. The summed E-state index contributed by atoms with van der Waals surface area (Å²) in [7, 11) is 1.57. The third kappa shape index (κ3) is 4.41. The molecule has 3 aromatic carbocycles. The Hall–Kier alpha value is -3.32. The monoisotopic (exact) mass is 436 g/mol. The Labute approximate surface area is 184 Å². The molecule has 31 heavy (non-hydrogen) atoms. The number of benzene rings is 3. The summed E-state index contributed by atoms with van der Waals surface area (Å²) in [5.74, 6) is 0.101. The molecule has 0 saturated carbocycles. The summed E-state index contributed by atoms with van der Waals surface area (Å²) in [4.78, 5) is 26.7. The highest BCUT2D eigenvalue weighted by atomic mass is 32.2. The first kappa shape index (κ1) is 20.9. The largest absolute Gasteiger partial charge is 0.497 e. The van der Waals surface area contributed by atoms with Gasteiger partial charge in [-0.15, -0.1) is 11.8 Å². The minimum Gasteiger partial charge on any atom is -0.497 e. The lowest BCUT2D eigenvalue weighted by Gasteiger charge is -2.25. The molecule has 1 atom stereocenters. The Balaban J connectivity index is 1.58. The number of thioether (sulfide) groups is 1. The first-order valence-corrected chi connectivity index (χ1v) is 10.8. The number of hydrogen-bond acceptors (Lipinski definition) is 4. The molecule has 0 bridgehead atoms. The lowest BCUT2D eigenvalue weighted by atomic mass is 10.1. The van der Waals surface area contributed by atoms with Gasteiger partial charge in [0.25, 0.3) is 5.91 Å². The van der Waals surface area contributed by atoms with Crippen LogP contribution in [0.3, 0.4) is 0 Å². The van der Waals surface area contributed by atoms with Gasteiger partial charge in [-0.05, 0) is 66.6 Å². The fraction of sp³-hybridized carbons (Fsp3) is 0.167. The summed E-state index contributed by atoms with van der Waals surface area (Å²) in [5.41, 5.74) is 3.06. The average molecular weight is 437 g/mol. The number of hydrogen-bond donors (Lipinski definition) is 1. The first-order valence-electron chi connectivity index (χ1n) is 9.71. The van der Waals surface area contributed by atoms with Crippen molar-refractivity contribution >= 4 is 35.0 Å². The number of anilines is 2. The predicted molar refractivity (Wildman–Crippen MR) is 121 cm³/mol. The van der Waals surface area contributed by atoms with E-state index in [1.165, 1.54) is 22.7 Å². The maximum atomic E-state index is 14.5. The van der Waals surface area contributed by atoms with Crippen molar-refractivity contribution in [3.8, 4) is 5.75 Å². The van der Waals surface area contributed by atoms with Gasteiger partial charge in [-0.25, -0.2) is 4.39 Å². The standard InChI is InChI=1S/C24H21FN2O3S/c1-15-6-11-20(25)21(12-15)27-22(28)14-31-24(27)17-4-3-5-18(13-17)26-23(29)16-7-9-19(30-2)10-8-16/h3-13,24H,14H2,1-2H3,(H,26,29). The number of nitrogens with zero attached hydrogens (tertiary/aromatic N) is 1. The van der Waals surface area contributed by atoms with Crippen molar-refractivity contribution in [3.05, 3.63) is 89.2 Å². The SMILES string of the molecule is COc1ccc(C(=O)Nc2cccc(C3SCC(=O)N3c3cc(C)ccc3F)c2)cc1. The molecule has 1 fully saturated rings. The molecule has 0 aromatic heterocycles. The third-order valence-corrected chi connectivity index (χ3v) is 6.22. The van der Waals surface area contributed by atoms with Crippen LogP contribution in [-0.2, 0) is 4.79 Å². The van der Waals surface area contributed by atoms with Crippen LogP contribution in [0, 0.1) is 12.7 Å². The van der Waals surface area contributed by atoms with Crippen molar-refractivity contribution in [2.45, 2.75) is 12.3 Å². The zero-order chi connectivity index (χ0) is 22.0. The number of halogens is 1. The molecule has 1 saturated heterocycles. The van der Waals surface area contributed by atoms with Gasteiger partial charge in [-0.3, -0.25) is 14.5 Å². The second-order valence-corrected chi connectivity index (χ2v) is 8.26. The van der Waals surface area contributed by atoms with E-state index in [2.05, 4.69) is 5.32 Å². The molecule has 1 aliphatic heterocycles. The summed E-state index contributed by atoms with van der Waals surface area (Å²) < 4.78 is 19.6. The van der Waals surface area contributed by atoms with Crippen LogP contribution in [-0.4, -0.2) is 24.7 Å². The van der Waals surface area contributed by atoms with Crippen LogP contribution in [0.1, 0.15) is 26.9 Å². The number of ether oxygens (including phenoxy) is 1. The van der Waals surface area contributed by atoms with Crippen molar-refractivity contribution in [2.24, 2.45) is 0 Å². The summed E-state index contributed by atoms with van der Waals surface area (Å²) in [6.07, 6.45) is 0. The predicted octanol–water partition coefficient (Wildman–Crippen LogP) is 5.17. The van der Waals surface area contributed by atoms with E-state index in [-0.39, 0.29) is 28.6 Å². The van der Waals surface area contributed by atoms with E-state index in [4.69, 9.17) is 4.74 Å². The van der Waals surface area contributed by atoms with Gasteiger partial charge in [-0.2, -0.15) is 0 Å². The Bertz CT molecular complexity index is 1130. The number of methoxy groups -OCH3 is 1. The van der Waals surface area contributed by atoms with E-state index in [0.717, 1.165) is 11.1 Å². The first-order chi connectivity index (χ1) is 15.0. The number of carbonyl (C=O) groups is 2. The molecular weight excluding hydrogens is 415 g/mol. The summed E-state index contributed by atoms with van der Waals surface area (Å²) in [5, 5.41) is 2.51. The number of amides is 2. The van der Waals surface area contributed by atoms with Gasteiger partial charge >= 0.3 is 0 Å². The van der Waals surface area contributed by atoms with Gasteiger partial charge in [-0.1, -0.05) is 18.2 Å². The molecule has 1 N–H and O–H groups in total. The molecule has 5 nitrogen and oxygen atoms in total. The molecule has 0 aliphatic carbocycles. The van der Waals surface area contributed by atoms with E-state index < -0.39 is 5.82 Å². The fourth-order valence-corrected chi connectivity index (χ4v) is 4.61. The van der Waals surface area contributed by atoms with Crippen molar-refractivity contribution < 1.29 is 18.7 Å². The molecule has 0 radical (unpaired) electrons. The maximum absolute atomic E-state index is 14.5. The molecule has 0 spiro atoms. The van der Waals surface area contributed by atoms with Gasteiger partial charge < -0.3 is 10.1 Å². The molecule has 158 valence electrons. The maximum Gasteiger partial charge on any atom is 0.255 e. The quantitative estimate of drug-likeness (QED) is 0.599. The topological polar surface area (TPSA) is 58.6 Å². The Morgan fingerprint density at radius 1 is 1.13 bits per heavy atom. The van der Waals surface area contributed by atoms with Crippen molar-refractivity contribution in [3.63, 3.8) is 0 Å². The number of carbonyl (C=O) groups excluding carboxylic acids is 2. The number of rotatable bonds is 5. The van der Waals surface area contributed by atoms with E-state index in [1.54, 1.807) is 49.6 Å². The molecule has 4 rings (SSSR count). The summed E-state index contributed by atoms with van der Waals surface area (Å²) in [6.45, 7) is 1.86. The van der Waals surface area contributed by atoms with E-state index in [1.807, 2.05) is 25.1 Å². The van der Waals surface area contributed by atoms with Crippen molar-refractivity contribution in [1.29, 1.82) is 0 Å². The van der Waals surface area contributed by atoms with Crippen molar-refractivity contribution in [2.75, 3.05) is 23.1 Å². The van der Waals surface area contributed by atoms with Crippen LogP contribution < -0.4 is 15.0 Å².